The van der Waals surface area contributed by atoms with Crippen molar-refractivity contribution in [3.63, 3.8) is 0 Å². The van der Waals surface area contributed by atoms with Gasteiger partial charge in [-0.25, -0.2) is 13.2 Å². The lowest BCUT2D eigenvalue weighted by molar-refractivity contribution is 0.0702. The molecule has 0 amide bonds. The van der Waals surface area contributed by atoms with E-state index in [-0.39, 0.29) is 15.8 Å². The molecule has 0 aromatic carbocycles. The molecule has 1 heterocycles. The Labute approximate surface area is 116 Å². The van der Waals surface area contributed by atoms with Crippen LogP contribution in [0.25, 0.3) is 0 Å². The maximum absolute atomic E-state index is 12.5. The second-order valence-corrected chi connectivity index (χ2v) is 8.02. The summed E-state index contributed by atoms with van der Waals surface area (Å²) in [6.45, 7) is 1.65. The minimum Gasteiger partial charge on any atom is -0.477 e. The fourth-order valence-electron chi connectivity index (χ4n) is 2.45. The number of rotatable bonds is 4. The van der Waals surface area contributed by atoms with E-state index < -0.39 is 16.0 Å². The molecule has 0 saturated heterocycles. The van der Waals surface area contributed by atoms with Gasteiger partial charge in [-0.2, -0.15) is 4.31 Å². The van der Waals surface area contributed by atoms with Crippen molar-refractivity contribution >= 4 is 27.3 Å². The molecule has 1 saturated carbocycles. The number of carbonyl (C=O) groups is 1. The van der Waals surface area contributed by atoms with Crippen molar-refractivity contribution in [2.75, 3.05) is 7.05 Å². The van der Waals surface area contributed by atoms with Crippen LogP contribution < -0.4 is 0 Å². The molecule has 1 fully saturated rings. The summed E-state index contributed by atoms with van der Waals surface area (Å²) >= 11 is 1.00. The Balaban J connectivity index is 2.35. The van der Waals surface area contributed by atoms with Crippen LogP contribution in [0, 0.1) is 6.92 Å². The highest BCUT2D eigenvalue weighted by atomic mass is 32.2. The van der Waals surface area contributed by atoms with Gasteiger partial charge in [-0.1, -0.05) is 12.8 Å². The Hall–Kier alpha value is -0.920. The maximum Gasteiger partial charge on any atom is 0.345 e. The predicted molar refractivity (Wildman–Crippen MR) is 73.2 cm³/mol. The third-order valence-electron chi connectivity index (χ3n) is 3.58. The lowest BCUT2D eigenvalue weighted by Gasteiger charge is -2.23. The second-order valence-electron chi connectivity index (χ2n) is 4.80. The lowest BCUT2D eigenvalue weighted by Crippen LogP contribution is -2.35. The number of carboxylic acid groups (broad SMARTS) is 1. The van der Waals surface area contributed by atoms with Crippen molar-refractivity contribution in [2.24, 2.45) is 0 Å². The van der Waals surface area contributed by atoms with Gasteiger partial charge in [-0.3, -0.25) is 0 Å². The van der Waals surface area contributed by atoms with Gasteiger partial charge in [0.25, 0.3) is 0 Å². The molecule has 5 nitrogen and oxygen atoms in total. The molecular weight excluding hydrogens is 286 g/mol. The summed E-state index contributed by atoms with van der Waals surface area (Å²) < 4.78 is 26.4. The van der Waals surface area contributed by atoms with Crippen molar-refractivity contribution in [3.8, 4) is 0 Å². The van der Waals surface area contributed by atoms with Crippen LogP contribution in [-0.2, 0) is 10.0 Å². The van der Waals surface area contributed by atoms with Crippen LogP contribution in [0.15, 0.2) is 11.0 Å². The zero-order valence-electron chi connectivity index (χ0n) is 10.9. The van der Waals surface area contributed by atoms with Gasteiger partial charge in [-0.05, 0) is 25.8 Å². The molecule has 2 rings (SSSR count). The number of aromatic carboxylic acids is 1. The molecule has 0 aliphatic heterocycles. The number of hydrogen-bond donors (Lipinski definition) is 1. The smallest absolute Gasteiger partial charge is 0.345 e. The molecule has 0 bridgehead atoms. The van der Waals surface area contributed by atoms with Crippen LogP contribution in [0.5, 0.6) is 0 Å². The Morgan fingerprint density at radius 1 is 1.42 bits per heavy atom. The topological polar surface area (TPSA) is 74.7 Å². The zero-order valence-corrected chi connectivity index (χ0v) is 12.6. The minimum atomic E-state index is -3.59. The van der Waals surface area contributed by atoms with Crippen molar-refractivity contribution in [1.82, 2.24) is 4.31 Å². The number of nitrogens with zero attached hydrogens (tertiary/aromatic N) is 1. The summed E-state index contributed by atoms with van der Waals surface area (Å²) in [6.07, 6.45) is 3.86. The summed E-state index contributed by atoms with van der Waals surface area (Å²) in [6, 6.07) is 1.31. The monoisotopic (exact) mass is 303 g/mol. The van der Waals surface area contributed by atoms with E-state index in [4.69, 9.17) is 5.11 Å². The Morgan fingerprint density at radius 2 is 2.00 bits per heavy atom. The Morgan fingerprint density at radius 3 is 2.47 bits per heavy atom. The van der Waals surface area contributed by atoms with Gasteiger partial charge in [0.1, 0.15) is 4.88 Å². The van der Waals surface area contributed by atoms with Gasteiger partial charge in [0, 0.05) is 18.0 Å². The fraction of sp³-hybridized carbons (Fsp3) is 0.583. The third kappa shape index (κ3) is 2.68. The van der Waals surface area contributed by atoms with E-state index >= 15 is 0 Å². The first-order chi connectivity index (χ1) is 8.84. The van der Waals surface area contributed by atoms with Gasteiger partial charge in [0.15, 0.2) is 0 Å². The normalized spacial score (nSPS) is 17.2. The molecule has 0 atom stereocenters. The Kier molecular flexibility index (Phi) is 3.98. The van der Waals surface area contributed by atoms with Gasteiger partial charge in [-0.15, -0.1) is 11.3 Å². The van der Waals surface area contributed by atoms with E-state index in [1.54, 1.807) is 14.0 Å². The summed E-state index contributed by atoms with van der Waals surface area (Å²) in [4.78, 5) is 11.6. The first-order valence-corrected chi connectivity index (χ1v) is 8.41. The van der Waals surface area contributed by atoms with Crippen LogP contribution in [0.4, 0.5) is 0 Å². The van der Waals surface area contributed by atoms with E-state index in [9.17, 15) is 13.2 Å². The fourth-order valence-corrected chi connectivity index (χ4v) is 5.26. The summed E-state index contributed by atoms with van der Waals surface area (Å²) in [7, 11) is -2.00. The van der Waals surface area contributed by atoms with Gasteiger partial charge >= 0.3 is 5.97 Å². The van der Waals surface area contributed by atoms with Crippen molar-refractivity contribution < 1.29 is 18.3 Å². The minimum absolute atomic E-state index is 0.0394. The predicted octanol–water partition coefficient (Wildman–Crippen LogP) is 2.32. The van der Waals surface area contributed by atoms with E-state index in [0.29, 0.717) is 4.88 Å². The molecule has 0 unspecified atom stereocenters. The van der Waals surface area contributed by atoms with E-state index in [0.717, 1.165) is 37.0 Å². The van der Waals surface area contributed by atoms with Crippen molar-refractivity contribution in [2.45, 2.75) is 43.5 Å². The van der Waals surface area contributed by atoms with E-state index in [2.05, 4.69) is 0 Å². The summed E-state index contributed by atoms with van der Waals surface area (Å²) in [5.41, 5.74) is 0. The lowest BCUT2D eigenvalue weighted by atomic mass is 10.3. The first-order valence-electron chi connectivity index (χ1n) is 6.16. The van der Waals surface area contributed by atoms with Crippen LogP contribution >= 0.6 is 11.3 Å². The highest BCUT2D eigenvalue weighted by Crippen LogP contribution is 2.31. The molecule has 1 aliphatic carbocycles. The quantitative estimate of drug-likeness (QED) is 0.926. The van der Waals surface area contributed by atoms with Crippen LogP contribution in [0.1, 0.15) is 40.2 Å². The zero-order chi connectivity index (χ0) is 14.2. The molecular formula is C12H17NO4S2. The molecule has 0 spiro atoms. The van der Waals surface area contributed by atoms with Gasteiger partial charge in [0.05, 0.1) is 4.90 Å². The van der Waals surface area contributed by atoms with E-state index in [1.807, 2.05) is 0 Å². The van der Waals surface area contributed by atoms with E-state index in [1.165, 1.54) is 10.4 Å². The number of sulfonamides is 1. The molecule has 1 aliphatic rings. The van der Waals surface area contributed by atoms with Gasteiger partial charge in [0.2, 0.25) is 10.0 Å². The molecule has 1 N–H and O–H groups in total. The average Bonchev–Trinajstić information content (AvgIpc) is 2.96. The third-order valence-corrected chi connectivity index (χ3v) is 6.78. The SMILES string of the molecule is Cc1sc(C(=O)O)cc1S(=O)(=O)N(C)C1CCCC1. The molecule has 0 radical (unpaired) electrons. The average molecular weight is 303 g/mol. The largest absolute Gasteiger partial charge is 0.477 e. The molecule has 1 aromatic heterocycles. The van der Waals surface area contributed by atoms with Crippen molar-refractivity contribution in [3.05, 3.63) is 15.8 Å². The number of aryl methyl sites for hydroxylation is 1. The van der Waals surface area contributed by atoms with Crippen LogP contribution in [0.2, 0.25) is 0 Å². The van der Waals surface area contributed by atoms with Crippen LogP contribution in [0.3, 0.4) is 0 Å². The second kappa shape index (κ2) is 5.22. The van der Waals surface area contributed by atoms with Crippen molar-refractivity contribution in [1.29, 1.82) is 0 Å². The Bertz CT molecular complexity index is 585. The highest BCUT2D eigenvalue weighted by Gasteiger charge is 2.32. The first kappa shape index (κ1) is 14.5. The molecule has 1 aromatic rings. The van der Waals surface area contributed by atoms with Gasteiger partial charge < -0.3 is 5.11 Å². The standard InChI is InChI=1S/C12H17NO4S2/c1-8-11(7-10(18-8)12(14)15)19(16,17)13(2)9-5-3-4-6-9/h7,9H,3-6H2,1-2H3,(H,14,15). The highest BCUT2D eigenvalue weighted by molar-refractivity contribution is 7.89. The molecule has 7 heteroatoms. The van der Waals surface area contributed by atoms with Crippen LogP contribution in [-0.4, -0.2) is 36.9 Å². The number of carboxylic acids is 1. The summed E-state index contributed by atoms with van der Waals surface area (Å²) in [5, 5.41) is 8.94. The number of hydrogen-bond acceptors (Lipinski definition) is 4. The molecule has 19 heavy (non-hydrogen) atoms. The summed E-state index contributed by atoms with van der Waals surface area (Å²) in [5.74, 6) is -1.09. The molecule has 106 valence electrons. The number of thiophene rings is 1. The maximum atomic E-state index is 12.5.